The van der Waals surface area contributed by atoms with Gasteiger partial charge in [-0.05, 0) is 26.0 Å². The number of hydrogen-bond donors (Lipinski definition) is 1. The lowest BCUT2D eigenvalue weighted by atomic mass is 10.2. The number of methoxy groups -OCH3 is 1. The van der Waals surface area contributed by atoms with Crippen LogP contribution in [0.1, 0.15) is 29.9 Å². The van der Waals surface area contributed by atoms with E-state index in [9.17, 15) is 14.9 Å². The summed E-state index contributed by atoms with van der Waals surface area (Å²) in [4.78, 5) is 29.7. The van der Waals surface area contributed by atoms with Crippen molar-refractivity contribution in [1.82, 2.24) is 9.88 Å². The SMILES string of the molecule is COc1ccc(C(=O)Nc2nc(CN3C[C@@H](C)O[C@H](C)C3)cs2)cc1[N+](=O)[O-]. The predicted molar refractivity (Wildman–Crippen MR) is 105 cm³/mol. The van der Waals surface area contributed by atoms with Gasteiger partial charge in [-0.2, -0.15) is 0 Å². The van der Waals surface area contributed by atoms with Crippen LogP contribution in [0.5, 0.6) is 5.75 Å². The minimum atomic E-state index is -0.582. The minimum Gasteiger partial charge on any atom is -0.490 e. The topological polar surface area (TPSA) is 107 Å². The van der Waals surface area contributed by atoms with Crippen molar-refractivity contribution in [2.75, 3.05) is 25.5 Å². The van der Waals surface area contributed by atoms with Crippen LogP contribution in [-0.2, 0) is 11.3 Å². The molecule has 1 aliphatic heterocycles. The molecular weight excluding hydrogens is 384 g/mol. The largest absolute Gasteiger partial charge is 0.490 e. The summed E-state index contributed by atoms with van der Waals surface area (Å²) < 4.78 is 10.7. The number of morpholine rings is 1. The summed E-state index contributed by atoms with van der Waals surface area (Å²) in [6.45, 7) is 6.43. The van der Waals surface area contributed by atoms with Crippen LogP contribution in [0.25, 0.3) is 0 Å². The van der Waals surface area contributed by atoms with Crippen molar-refractivity contribution < 1.29 is 19.2 Å². The van der Waals surface area contributed by atoms with Gasteiger partial charge in [-0.1, -0.05) is 0 Å². The van der Waals surface area contributed by atoms with Crippen LogP contribution in [0.3, 0.4) is 0 Å². The van der Waals surface area contributed by atoms with Gasteiger partial charge in [0.25, 0.3) is 5.91 Å². The van der Waals surface area contributed by atoms with Gasteiger partial charge in [0.05, 0.1) is 29.9 Å². The molecule has 1 aliphatic rings. The molecule has 2 heterocycles. The Kier molecular flexibility index (Phi) is 6.22. The highest BCUT2D eigenvalue weighted by Crippen LogP contribution is 2.28. The second-order valence-electron chi connectivity index (χ2n) is 6.69. The Labute approximate surface area is 166 Å². The molecular formula is C18H22N4O5S. The number of ether oxygens (including phenoxy) is 2. The fourth-order valence-electron chi connectivity index (χ4n) is 3.22. The zero-order valence-electron chi connectivity index (χ0n) is 15.9. The lowest BCUT2D eigenvalue weighted by Gasteiger charge is -2.34. The van der Waals surface area contributed by atoms with E-state index in [0.29, 0.717) is 11.7 Å². The van der Waals surface area contributed by atoms with Crippen LogP contribution in [0.2, 0.25) is 0 Å². The van der Waals surface area contributed by atoms with Gasteiger partial charge in [-0.25, -0.2) is 4.98 Å². The second kappa shape index (κ2) is 8.63. The first kappa shape index (κ1) is 20.2. The normalized spacial score (nSPS) is 20.0. The second-order valence-corrected chi connectivity index (χ2v) is 7.55. The van der Waals surface area contributed by atoms with Crippen LogP contribution in [0.4, 0.5) is 10.8 Å². The molecule has 1 N–H and O–H groups in total. The maximum Gasteiger partial charge on any atom is 0.311 e. The van der Waals surface area contributed by atoms with Gasteiger partial charge >= 0.3 is 5.69 Å². The van der Waals surface area contributed by atoms with E-state index in [0.717, 1.165) is 18.8 Å². The van der Waals surface area contributed by atoms with Crippen molar-refractivity contribution in [1.29, 1.82) is 0 Å². The summed E-state index contributed by atoms with van der Waals surface area (Å²) in [6.07, 6.45) is 0.347. The van der Waals surface area contributed by atoms with Gasteiger partial charge in [0.1, 0.15) is 0 Å². The van der Waals surface area contributed by atoms with E-state index in [1.165, 1.54) is 36.6 Å². The summed E-state index contributed by atoms with van der Waals surface area (Å²) in [6, 6.07) is 4.08. The van der Waals surface area contributed by atoms with Gasteiger partial charge in [0.15, 0.2) is 10.9 Å². The molecule has 2 atom stereocenters. The third kappa shape index (κ3) is 4.83. The van der Waals surface area contributed by atoms with Gasteiger partial charge in [0, 0.05) is 36.6 Å². The van der Waals surface area contributed by atoms with Gasteiger partial charge in [0.2, 0.25) is 0 Å². The quantitative estimate of drug-likeness (QED) is 0.580. The Morgan fingerprint density at radius 2 is 2.14 bits per heavy atom. The molecule has 0 spiro atoms. The highest BCUT2D eigenvalue weighted by atomic mass is 32.1. The molecule has 28 heavy (non-hydrogen) atoms. The van der Waals surface area contributed by atoms with Crippen molar-refractivity contribution in [2.24, 2.45) is 0 Å². The lowest BCUT2D eigenvalue weighted by Crippen LogP contribution is -2.44. The number of nitro benzene ring substituents is 1. The van der Waals surface area contributed by atoms with Crippen LogP contribution < -0.4 is 10.1 Å². The molecule has 1 fully saturated rings. The maximum atomic E-state index is 12.4. The average molecular weight is 406 g/mol. The highest BCUT2D eigenvalue weighted by Gasteiger charge is 2.23. The van der Waals surface area contributed by atoms with E-state index in [2.05, 4.69) is 15.2 Å². The number of nitrogens with zero attached hydrogens (tertiary/aromatic N) is 3. The molecule has 150 valence electrons. The Morgan fingerprint density at radius 3 is 2.79 bits per heavy atom. The Hall–Kier alpha value is -2.56. The number of amides is 1. The van der Waals surface area contributed by atoms with E-state index in [4.69, 9.17) is 9.47 Å². The number of carbonyl (C=O) groups excluding carboxylic acids is 1. The first-order valence-electron chi connectivity index (χ1n) is 8.81. The third-order valence-electron chi connectivity index (χ3n) is 4.29. The number of hydrogen-bond acceptors (Lipinski definition) is 8. The number of carbonyl (C=O) groups is 1. The zero-order chi connectivity index (χ0) is 20.3. The molecule has 3 rings (SSSR count). The minimum absolute atomic E-state index is 0.104. The summed E-state index contributed by atoms with van der Waals surface area (Å²) in [5.74, 6) is -0.354. The van der Waals surface area contributed by atoms with Crippen LogP contribution in [0.15, 0.2) is 23.6 Å². The number of rotatable bonds is 6. The lowest BCUT2D eigenvalue weighted by molar-refractivity contribution is -0.385. The third-order valence-corrected chi connectivity index (χ3v) is 5.10. The number of aromatic nitrogens is 1. The van der Waals surface area contributed by atoms with Crippen LogP contribution in [-0.4, -0.2) is 53.1 Å². The van der Waals surface area contributed by atoms with Gasteiger partial charge in [-0.3, -0.25) is 25.1 Å². The summed E-state index contributed by atoms with van der Waals surface area (Å²) in [5, 5.41) is 16.2. The number of thiazole rings is 1. The molecule has 0 saturated carbocycles. The van der Waals surface area contributed by atoms with Gasteiger partial charge in [-0.15, -0.1) is 11.3 Å². The van der Waals surface area contributed by atoms with Crippen LogP contribution in [0, 0.1) is 10.1 Å². The van der Waals surface area contributed by atoms with Crippen molar-refractivity contribution in [2.45, 2.75) is 32.6 Å². The van der Waals surface area contributed by atoms with Crippen molar-refractivity contribution in [3.05, 3.63) is 45.0 Å². The molecule has 0 aliphatic carbocycles. The standard InChI is InChI=1S/C18H22N4O5S/c1-11-7-21(8-12(2)27-11)9-14-10-28-18(19-14)20-17(23)13-4-5-16(26-3)15(6-13)22(24)25/h4-6,10-12H,7-9H2,1-3H3,(H,19,20,23)/t11-,12-/m1/s1. The van der Waals surface area contributed by atoms with Crippen molar-refractivity contribution >= 4 is 28.1 Å². The van der Waals surface area contributed by atoms with Gasteiger partial charge < -0.3 is 9.47 Å². The Bertz CT molecular complexity index is 861. The fraction of sp³-hybridized carbons (Fsp3) is 0.444. The number of nitrogens with one attached hydrogen (secondary N) is 1. The van der Waals surface area contributed by atoms with E-state index < -0.39 is 10.8 Å². The number of benzene rings is 1. The van der Waals surface area contributed by atoms with E-state index >= 15 is 0 Å². The van der Waals surface area contributed by atoms with E-state index in [1.807, 2.05) is 19.2 Å². The summed E-state index contributed by atoms with van der Waals surface area (Å²) in [5.41, 5.74) is 0.771. The molecule has 1 saturated heterocycles. The molecule has 0 unspecified atom stereocenters. The Balaban J connectivity index is 1.65. The predicted octanol–water partition coefficient (Wildman–Crippen LogP) is 2.92. The Morgan fingerprint density at radius 1 is 1.43 bits per heavy atom. The highest BCUT2D eigenvalue weighted by molar-refractivity contribution is 7.13. The van der Waals surface area contributed by atoms with E-state index in [1.54, 1.807) is 0 Å². The summed E-state index contributed by atoms with van der Waals surface area (Å²) >= 11 is 1.32. The monoisotopic (exact) mass is 406 g/mol. The van der Waals surface area contributed by atoms with Crippen molar-refractivity contribution in [3.63, 3.8) is 0 Å². The first-order chi connectivity index (χ1) is 13.4. The maximum absolute atomic E-state index is 12.4. The molecule has 9 nitrogen and oxygen atoms in total. The molecule has 10 heteroatoms. The smallest absolute Gasteiger partial charge is 0.311 e. The fourth-order valence-corrected chi connectivity index (χ4v) is 3.92. The molecule has 1 amide bonds. The average Bonchev–Trinajstić information content (AvgIpc) is 3.06. The molecule has 1 aromatic carbocycles. The van der Waals surface area contributed by atoms with Crippen LogP contribution >= 0.6 is 11.3 Å². The molecule has 0 radical (unpaired) electrons. The first-order valence-corrected chi connectivity index (χ1v) is 9.69. The van der Waals surface area contributed by atoms with E-state index in [-0.39, 0.29) is 29.2 Å². The molecule has 0 bridgehead atoms. The number of nitro groups is 1. The van der Waals surface area contributed by atoms with Crippen molar-refractivity contribution in [3.8, 4) is 5.75 Å². The summed E-state index contributed by atoms with van der Waals surface area (Å²) in [7, 11) is 1.34. The zero-order valence-corrected chi connectivity index (χ0v) is 16.7. The molecule has 1 aromatic heterocycles. The number of anilines is 1. The molecule has 2 aromatic rings.